The van der Waals surface area contributed by atoms with E-state index in [4.69, 9.17) is 4.74 Å². The molecule has 0 aliphatic carbocycles. The molecule has 0 amide bonds. The highest BCUT2D eigenvalue weighted by atomic mass is 19.1. The van der Waals surface area contributed by atoms with Crippen LogP contribution in [-0.2, 0) is 6.42 Å². The summed E-state index contributed by atoms with van der Waals surface area (Å²) in [5.74, 6) is -1.33. The van der Waals surface area contributed by atoms with Crippen molar-refractivity contribution < 1.29 is 17.9 Å². The van der Waals surface area contributed by atoms with Crippen molar-refractivity contribution in [1.29, 1.82) is 0 Å². The summed E-state index contributed by atoms with van der Waals surface area (Å²) in [5, 5.41) is 0. The van der Waals surface area contributed by atoms with Gasteiger partial charge in [0.15, 0.2) is 11.6 Å². The van der Waals surface area contributed by atoms with Crippen molar-refractivity contribution in [3.8, 4) is 22.8 Å². The Labute approximate surface area is 150 Å². The smallest absolute Gasteiger partial charge is 0.221 e. The van der Waals surface area contributed by atoms with Crippen LogP contribution in [0.25, 0.3) is 17.1 Å². The summed E-state index contributed by atoms with van der Waals surface area (Å²) in [5.41, 5.74) is 1.41. The van der Waals surface area contributed by atoms with Gasteiger partial charge in [0.05, 0.1) is 18.5 Å². The van der Waals surface area contributed by atoms with Gasteiger partial charge in [-0.1, -0.05) is 25.5 Å². The summed E-state index contributed by atoms with van der Waals surface area (Å²) < 4.78 is 49.1. The van der Waals surface area contributed by atoms with Crippen molar-refractivity contribution in [2.75, 3.05) is 7.11 Å². The van der Waals surface area contributed by atoms with Gasteiger partial charge in [-0.2, -0.15) is 4.39 Å². The lowest BCUT2D eigenvalue weighted by atomic mass is 10.1. The molecule has 0 spiro atoms. The van der Waals surface area contributed by atoms with E-state index in [0.717, 1.165) is 12.5 Å². The van der Waals surface area contributed by atoms with Crippen LogP contribution in [0.3, 0.4) is 0 Å². The van der Waals surface area contributed by atoms with E-state index in [-0.39, 0.29) is 28.8 Å². The standard InChI is InChI=1S/C20H19F3N2O/c1-4-5-13-6-7-14(10-16(13)21)20-24-12(2)19(23)25(20)15-8-9-18(26-3)17(22)11-15/h6-11H,4-5H2,1-3H3. The van der Waals surface area contributed by atoms with Crippen LogP contribution in [0.1, 0.15) is 24.6 Å². The van der Waals surface area contributed by atoms with Crippen molar-refractivity contribution in [1.82, 2.24) is 9.55 Å². The summed E-state index contributed by atoms with van der Waals surface area (Å²) in [4.78, 5) is 4.21. The predicted octanol–water partition coefficient (Wildman–Crippen LogP) is 5.23. The van der Waals surface area contributed by atoms with Gasteiger partial charge in [0.1, 0.15) is 11.6 Å². The van der Waals surface area contributed by atoms with Gasteiger partial charge in [-0.05, 0) is 37.1 Å². The van der Waals surface area contributed by atoms with Crippen molar-refractivity contribution in [3.63, 3.8) is 0 Å². The molecule has 0 unspecified atom stereocenters. The fraction of sp³-hybridized carbons (Fsp3) is 0.250. The minimum atomic E-state index is -0.623. The van der Waals surface area contributed by atoms with Crippen molar-refractivity contribution in [2.24, 2.45) is 0 Å². The molecule has 0 radical (unpaired) electrons. The molecule has 0 N–H and O–H groups in total. The first-order chi connectivity index (χ1) is 12.5. The molecule has 3 nitrogen and oxygen atoms in total. The number of ether oxygens (including phenoxy) is 1. The normalized spacial score (nSPS) is 11.0. The van der Waals surface area contributed by atoms with E-state index in [1.165, 1.54) is 36.8 Å². The fourth-order valence-electron chi connectivity index (χ4n) is 2.89. The third-order valence-electron chi connectivity index (χ3n) is 4.20. The van der Waals surface area contributed by atoms with Crippen LogP contribution in [0.5, 0.6) is 5.75 Å². The number of hydrogen-bond donors (Lipinski definition) is 0. The van der Waals surface area contributed by atoms with E-state index in [1.807, 2.05) is 6.92 Å². The molecular weight excluding hydrogens is 341 g/mol. The molecule has 136 valence electrons. The van der Waals surface area contributed by atoms with Crippen molar-refractivity contribution in [3.05, 3.63) is 65.2 Å². The predicted molar refractivity (Wildman–Crippen MR) is 94.2 cm³/mol. The van der Waals surface area contributed by atoms with E-state index in [9.17, 15) is 13.2 Å². The lowest BCUT2D eigenvalue weighted by molar-refractivity contribution is 0.386. The van der Waals surface area contributed by atoms with Crippen LogP contribution >= 0.6 is 0 Å². The molecule has 26 heavy (non-hydrogen) atoms. The molecule has 6 heteroatoms. The second-order valence-electron chi connectivity index (χ2n) is 6.02. The molecule has 0 saturated carbocycles. The van der Waals surface area contributed by atoms with E-state index >= 15 is 0 Å². The van der Waals surface area contributed by atoms with Crippen LogP contribution < -0.4 is 4.74 Å². The Kier molecular flexibility index (Phi) is 5.02. The Morgan fingerprint density at radius 3 is 2.42 bits per heavy atom. The topological polar surface area (TPSA) is 27.1 Å². The number of halogens is 3. The summed E-state index contributed by atoms with van der Waals surface area (Å²) in [6.45, 7) is 3.48. The molecule has 3 aromatic rings. The first-order valence-electron chi connectivity index (χ1n) is 8.33. The highest BCUT2D eigenvalue weighted by molar-refractivity contribution is 5.60. The number of aromatic nitrogens is 2. The quantitative estimate of drug-likeness (QED) is 0.623. The lowest BCUT2D eigenvalue weighted by Crippen LogP contribution is -2.02. The van der Waals surface area contributed by atoms with Crippen LogP contribution in [0.2, 0.25) is 0 Å². The zero-order valence-electron chi connectivity index (χ0n) is 14.8. The molecule has 0 saturated heterocycles. The Hall–Kier alpha value is -2.76. The van der Waals surface area contributed by atoms with Crippen LogP contribution in [0.4, 0.5) is 13.2 Å². The average Bonchev–Trinajstić information content (AvgIpc) is 2.92. The summed E-state index contributed by atoms with van der Waals surface area (Å²) >= 11 is 0. The van der Waals surface area contributed by atoms with Gasteiger partial charge < -0.3 is 4.74 Å². The minimum absolute atomic E-state index is 0.0579. The van der Waals surface area contributed by atoms with Crippen molar-refractivity contribution >= 4 is 0 Å². The van der Waals surface area contributed by atoms with E-state index < -0.39 is 11.8 Å². The highest BCUT2D eigenvalue weighted by Gasteiger charge is 2.19. The molecule has 1 aromatic heterocycles. The van der Waals surface area contributed by atoms with Crippen LogP contribution in [-0.4, -0.2) is 16.7 Å². The van der Waals surface area contributed by atoms with Crippen LogP contribution in [0, 0.1) is 24.5 Å². The van der Waals surface area contributed by atoms with Gasteiger partial charge in [-0.3, -0.25) is 4.57 Å². The molecule has 0 aliphatic heterocycles. The maximum absolute atomic E-state index is 14.7. The maximum atomic E-state index is 14.7. The van der Waals surface area contributed by atoms with Gasteiger partial charge in [0.2, 0.25) is 5.95 Å². The monoisotopic (exact) mass is 360 g/mol. The van der Waals surface area contributed by atoms with Crippen LogP contribution in [0.15, 0.2) is 36.4 Å². The molecule has 3 rings (SSSR count). The van der Waals surface area contributed by atoms with Gasteiger partial charge in [-0.15, -0.1) is 0 Å². The van der Waals surface area contributed by atoms with E-state index in [0.29, 0.717) is 17.5 Å². The molecular formula is C20H19F3N2O. The van der Waals surface area contributed by atoms with Gasteiger partial charge in [0, 0.05) is 11.6 Å². The third kappa shape index (κ3) is 3.19. The minimum Gasteiger partial charge on any atom is -0.494 e. The first kappa shape index (κ1) is 18.0. The summed E-state index contributed by atoms with van der Waals surface area (Å²) in [6, 6.07) is 8.81. The Balaban J connectivity index is 2.14. The average molecular weight is 360 g/mol. The van der Waals surface area contributed by atoms with E-state index in [2.05, 4.69) is 4.98 Å². The van der Waals surface area contributed by atoms with Gasteiger partial charge >= 0.3 is 0 Å². The second kappa shape index (κ2) is 7.23. The van der Waals surface area contributed by atoms with Crippen molar-refractivity contribution in [2.45, 2.75) is 26.7 Å². The number of methoxy groups -OCH3 is 1. The zero-order chi connectivity index (χ0) is 18.8. The SMILES string of the molecule is CCCc1ccc(-c2nc(C)c(F)n2-c2ccc(OC)c(F)c2)cc1F. The second-order valence-corrected chi connectivity index (χ2v) is 6.02. The Bertz CT molecular complexity index is 950. The molecule has 1 heterocycles. The molecule has 0 fully saturated rings. The lowest BCUT2D eigenvalue weighted by Gasteiger charge is -2.11. The number of rotatable bonds is 5. The molecule has 2 aromatic carbocycles. The molecule has 0 aliphatic rings. The van der Waals surface area contributed by atoms with Gasteiger partial charge in [-0.25, -0.2) is 13.8 Å². The number of aryl methyl sites for hydroxylation is 2. The first-order valence-corrected chi connectivity index (χ1v) is 8.33. The zero-order valence-corrected chi connectivity index (χ0v) is 14.8. The number of benzene rings is 2. The molecule has 0 atom stereocenters. The summed E-state index contributed by atoms with van der Waals surface area (Å²) in [7, 11) is 1.35. The third-order valence-corrected chi connectivity index (χ3v) is 4.20. The fourth-order valence-corrected chi connectivity index (χ4v) is 2.89. The Morgan fingerprint density at radius 1 is 1.04 bits per heavy atom. The number of nitrogens with zero attached hydrogens (tertiary/aromatic N) is 2. The Morgan fingerprint density at radius 2 is 1.81 bits per heavy atom. The largest absolute Gasteiger partial charge is 0.494 e. The number of hydrogen-bond acceptors (Lipinski definition) is 2. The van der Waals surface area contributed by atoms with Gasteiger partial charge in [0.25, 0.3) is 0 Å². The maximum Gasteiger partial charge on any atom is 0.221 e. The number of imidazole rings is 1. The highest BCUT2D eigenvalue weighted by Crippen LogP contribution is 2.29. The molecule has 0 bridgehead atoms. The van der Waals surface area contributed by atoms with E-state index in [1.54, 1.807) is 12.1 Å². The summed E-state index contributed by atoms with van der Waals surface area (Å²) in [6.07, 6.45) is 1.45.